The maximum absolute atomic E-state index is 6.55. The van der Waals surface area contributed by atoms with Gasteiger partial charge in [0.05, 0.1) is 11.4 Å². The number of benzene rings is 7. The predicted octanol–water partition coefficient (Wildman–Crippen LogP) is 10.5. The molecule has 0 aliphatic carbocycles. The summed E-state index contributed by atoms with van der Waals surface area (Å²) in [5, 5.41) is 9.59. The fourth-order valence-corrected chi connectivity index (χ4v) is 5.85. The molecule has 0 N–H and O–H groups in total. The Kier molecular flexibility index (Phi) is 4.55. The summed E-state index contributed by atoms with van der Waals surface area (Å²) in [5.74, 6) is 0. The number of rotatable bonds is 3. The third-order valence-electron chi connectivity index (χ3n) is 7.60. The van der Waals surface area contributed by atoms with E-state index in [1.807, 2.05) is 12.1 Å². The molecule has 7 aromatic carbocycles. The van der Waals surface area contributed by atoms with E-state index >= 15 is 0 Å². The third-order valence-corrected chi connectivity index (χ3v) is 7.60. The van der Waals surface area contributed by atoms with Gasteiger partial charge in [-0.15, -0.1) is 0 Å². The first kappa shape index (κ1) is 21.0. The van der Waals surface area contributed by atoms with E-state index in [0.717, 1.165) is 39.0 Å². The number of anilines is 3. The Morgan fingerprint density at radius 1 is 0.395 bits per heavy atom. The summed E-state index contributed by atoms with van der Waals surface area (Å²) in [4.78, 5) is 2.37. The lowest BCUT2D eigenvalue weighted by atomic mass is 9.98. The number of hydrogen-bond donors (Lipinski definition) is 0. The highest BCUT2D eigenvalue weighted by Gasteiger charge is 2.22. The summed E-state index contributed by atoms with van der Waals surface area (Å²) < 4.78 is 6.55. The summed E-state index contributed by atoms with van der Waals surface area (Å²) in [6.07, 6.45) is 0. The summed E-state index contributed by atoms with van der Waals surface area (Å²) in [7, 11) is 0. The molecule has 0 bridgehead atoms. The van der Waals surface area contributed by atoms with Crippen LogP contribution in [0.15, 0.2) is 144 Å². The number of fused-ring (bicyclic) bond motifs is 7. The van der Waals surface area contributed by atoms with Crippen molar-refractivity contribution < 1.29 is 4.42 Å². The van der Waals surface area contributed by atoms with Gasteiger partial charge >= 0.3 is 0 Å². The van der Waals surface area contributed by atoms with Crippen LogP contribution in [0.3, 0.4) is 0 Å². The first-order valence-corrected chi connectivity index (χ1v) is 12.9. The minimum Gasteiger partial charge on any atom is -0.454 e. The van der Waals surface area contributed by atoms with Crippen molar-refractivity contribution >= 4 is 71.3 Å². The number of para-hydroxylation sites is 2. The minimum atomic E-state index is 0.888. The monoisotopic (exact) mass is 485 g/mol. The molecule has 2 nitrogen and oxygen atoms in total. The van der Waals surface area contributed by atoms with E-state index in [1.54, 1.807) is 0 Å². The highest BCUT2D eigenvalue weighted by Crippen LogP contribution is 2.46. The molecule has 0 fully saturated rings. The van der Waals surface area contributed by atoms with Crippen LogP contribution >= 0.6 is 0 Å². The average molecular weight is 486 g/mol. The number of hydrogen-bond acceptors (Lipinski definition) is 2. The molecule has 0 saturated heterocycles. The maximum atomic E-state index is 6.55. The Balaban J connectivity index is 1.51. The molecular formula is C36H23NO. The quantitative estimate of drug-likeness (QED) is 0.231. The van der Waals surface area contributed by atoms with Crippen molar-refractivity contribution in [2.45, 2.75) is 0 Å². The van der Waals surface area contributed by atoms with E-state index in [9.17, 15) is 0 Å². The van der Waals surface area contributed by atoms with Crippen LogP contribution in [0, 0.1) is 0 Å². The van der Waals surface area contributed by atoms with Crippen molar-refractivity contribution in [2.24, 2.45) is 0 Å². The van der Waals surface area contributed by atoms with Crippen molar-refractivity contribution in [3.8, 4) is 0 Å². The van der Waals surface area contributed by atoms with E-state index in [0.29, 0.717) is 0 Å². The van der Waals surface area contributed by atoms with Gasteiger partial charge in [-0.05, 0) is 57.3 Å². The molecule has 0 radical (unpaired) electrons. The zero-order valence-electron chi connectivity index (χ0n) is 20.6. The molecule has 8 aromatic rings. The normalized spacial score (nSPS) is 11.7. The molecule has 2 heteroatoms. The summed E-state index contributed by atoms with van der Waals surface area (Å²) in [5.41, 5.74) is 5.03. The zero-order valence-corrected chi connectivity index (χ0v) is 20.6. The van der Waals surface area contributed by atoms with Crippen LogP contribution in [0.1, 0.15) is 0 Å². The van der Waals surface area contributed by atoms with Gasteiger partial charge in [0.1, 0.15) is 5.58 Å². The van der Waals surface area contributed by atoms with Crippen LogP contribution in [0.4, 0.5) is 17.1 Å². The second kappa shape index (κ2) is 8.22. The summed E-state index contributed by atoms with van der Waals surface area (Å²) >= 11 is 0. The SMILES string of the molecule is c1ccc2cc(N(c3cc4ccccc4c4ccccc34)c3cccc4c3oc3ccccc34)ccc2c1. The second-order valence-electron chi connectivity index (χ2n) is 9.78. The molecule has 178 valence electrons. The minimum absolute atomic E-state index is 0.888. The number of nitrogens with zero attached hydrogens (tertiary/aromatic N) is 1. The lowest BCUT2D eigenvalue weighted by Gasteiger charge is -2.28. The van der Waals surface area contributed by atoms with Gasteiger partial charge in [-0.3, -0.25) is 0 Å². The van der Waals surface area contributed by atoms with Gasteiger partial charge in [0.15, 0.2) is 5.58 Å². The van der Waals surface area contributed by atoms with Crippen LogP contribution in [0.5, 0.6) is 0 Å². The molecule has 0 unspecified atom stereocenters. The van der Waals surface area contributed by atoms with E-state index < -0.39 is 0 Å². The molecule has 8 rings (SSSR count). The molecule has 0 aliphatic rings. The highest BCUT2D eigenvalue weighted by atomic mass is 16.3. The van der Waals surface area contributed by atoms with Gasteiger partial charge in [-0.25, -0.2) is 0 Å². The van der Waals surface area contributed by atoms with Crippen molar-refractivity contribution in [1.29, 1.82) is 0 Å². The van der Waals surface area contributed by atoms with E-state index in [1.165, 1.54) is 32.3 Å². The molecule has 1 heterocycles. The molecule has 38 heavy (non-hydrogen) atoms. The van der Waals surface area contributed by atoms with Gasteiger partial charge < -0.3 is 9.32 Å². The fourth-order valence-electron chi connectivity index (χ4n) is 5.85. The second-order valence-corrected chi connectivity index (χ2v) is 9.78. The molecular weight excluding hydrogens is 462 g/mol. The fraction of sp³-hybridized carbons (Fsp3) is 0. The largest absolute Gasteiger partial charge is 0.454 e. The van der Waals surface area contributed by atoms with Crippen molar-refractivity contribution in [3.63, 3.8) is 0 Å². The molecule has 1 aromatic heterocycles. The van der Waals surface area contributed by atoms with Gasteiger partial charge in [0.25, 0.3) is 0 Å². The first-order chi connectivity index (χ1) is 18.8. The van der Waals surface area contributed by atoms with Crippen LogP contribution < -0.4 is 4.90 Å². The van der Waals surface area contributed by atoms with Crippen molar-refractivity contribution in [3.05, 3.63) is 140 Å². The van der Waals surface area contributed by atoms with Gasteiger partial charge in [-0.2, -0.15) is 0 Å². The summed E-state index contributed by atoms with van der Waals surface area (Å²) in [6.45, 7) is 0. The molecule has 0 amide bonds. The van der Waals surface area contributed by atoms with Crippen LogP contribution in [-0.4, -0.2) is 0 Å². The smallest absolute Gasteiger partial charge is 0.159 e. The lowest BCUT2D eigenvalue weighted by Crippen LogP contribution is -2.11. The summed E-state index contributed by atoms with van der Waals surface area (Å²) in [6, 6.07) is 49.6. The zero-order chi connectivity index (χ0) is 25.1. The van der Waals surface area contributed by atoms with Gasteiger partial charge in [0.2, 0.25) is 0 Å². The Labute approximate surface area is 220 Å². The first-order valence-electron chi connectivity index (χ1n) is 12.9. The third kappa shape index (κ3) is 3.14. The molecule has 0 aliphatic heterocycles. The average Bonchev–Trinajstić information content (AvgIpc) is 3.37. The Bertz CT molecular complexity index is 2150. The number of furan rings is 1. The Hall–Kier alpha value is -5.08. The lowest BCUT2D eigenvalue weighted by molar-refractivity contribution is 0.669. The van der Waals surface area contributed by atoms with Gasteiger partial charge in [0, 0.05) is 21.8 Å². The topological polar surface area (TPSA) is 16.4 Å². The molecule has 0 saturated carbocycles. The van der Waals surface area contributed by atoms with Crippen LogP contribution in [0.2, 0.25) is 0 Å². The van der Waals surface area contributed by atoms with E-state index in [2.05, 4.69) is 132 Å². The predicted molar refractivity (Wildman–Crippen MR) is 161 cm³/mol. The van der Waals surface area contributed by atoms with Gasteiger partial charge in [-0.1, -0.05) is 109 Å². The highest BCUT2D eigenvalue weighted by molar-refractivity contribution is 6.17. The molecule has 0 spiro atoms. The molecule has 0 atom stereocenters. The van der Waals surface area contributed by atoms with Crippen molar-refractivity contribution in [2.75, 3.05) is 4.90 Å². The Morgan fingerprint density at radius 3 is 1.92 bits per heavy atom. The standard InChI is InChI=1S/C36H23NO/c1-2-11-25-22-27(21-20-24(25)10-1)37(33-18-9-17-32-31-16-7-8-19-35(31)38-36(32)33)34-23-26-12-3-4-13-28(26)29-14-5-6-15-30(29)34/h1-23H. The van der Waals surface area contributed by atoms with Crippen LogP contribution in [0.25, 0.3) is 54.3 Å². The Morgan fingerprint density at radius 2 is 1.05 bits per heavy atom. The maximum Gasteiger partial charge on any atom is 0.159 e. The van der Waals surface area contributed by atoms with E-state index in [4.69, 9.17) is 4.42 Å². The van der Waals surface area contributed by atoms with E-state index in [-0.39, 0.29) is 0 Å². The van der Waals surface area contributed by atoms with Crippen molar-refractivity contribution in [1.82, 2.24) is 0 Å². The van der Waals surface area contributed by atoms with Crippen LogP contribution in [-0.2, 0) is 0 Å².